The largest absolute Gasteiger partial charge is 0.493 e. The lowest BCUT2D eigenvalue weighted by molar-refractivity contribution is 0.101. The second kappa shape index (κ2) is 4.77. The number of aryl methyl sites for hydroxylation is 1. The zero-order valence-corrected chi connectivity index (χ0v) is 10.7. The van der Waals surface area contributed by atoms with Crippen LogP contribution >= 0.6 is 22.6 Å². The fourth-order valence-corrected chi connectivity index (χ4v) is 2.49. The molecule has 0 unspecified atom stereocenters. The average molecular weight is 304 g/mol. The maximum Gasteiger partial charge on any atom is 0.161 e. The van der Waals surface area contributed by atoms with Gasteiger partial charge in [-0.15, -0.1) is 0 Å². The molecular weight excluding hydrogens is 291 g/mol. The molecule has 0 bridgehead atoms. The summed E-state index contributed by atoms with van der Waals surface area (Å²) in [5.74, 6) is 0.886. The summed E-state index contributed by atoms with van der Waals surface area (Å²) in [7, 11) is 0. The van der Waals surface area contributed by atoms with Gasteiger partial charge in [-0.1, -0.05) is 6.07 Å². The van der Waals surface area contributed by atoms with Crippen LogP contribution in [0.2, 0.25) is 0 Å². The Labute approximate surface area is 97.8 Å². The fraction of sp³-hybridized carbons (Fsp3) is 0.364. The minimum Gasteiger partial charge on any atom is -0.493 e. The van der Waals surface area contributed by atoms with Crippen LogP contribution in [0.4, 0.5) is 0 Å². The fourth-order valence-electron chi connectivity index (χ4n) is 1.35. The van der Waals surface area contributed by atoms with Crippen LogP contribution in [0.1, 0.15) is 29.8 Å². The minimum absolute atomic E-state index is 0.0912. The van der Waals surface area contributed by atoms with Gasteiger partial charge in [0.15, 0.2) is 5.78 Å². The van der Waals surface area contributed by atoms with Crippen LogP contribution in [-0.2, 0) is 0 Å². The van der Waals surface area contributed by atoms with Gasteiger partial charge in [-0.2, -0.15) is 0 Å². The smallest absolute Gasteiger partial charge is 0.161 e. The van der Waals surface area contributed by atoms with Crippen molar-refractivity contribution in [1.82, 2.24) is 0 Å². The lowest BCUT2D eigenvalue weighted by Gasteiger charge is -2.10. The Morgan fingerprint density at radius 1 is 1.50 bits per heavy atom. The minimum atomic E-state index is 0.0912. The Bertz CT molecular complexity index is 359. The highest BCUT2D eigenvalue weighted by Gasteiger charge is 2.12. The number of hydrogen-bond acceptors (Lipinski definition) is 2. The van der Waals surface area contributed by atoms with E-state index in [9.17, 15) is 4.79 Å². The van der Waals surface area contributed by atoms with Crippen molar-refractivity contribution in [2.45, 2.75) is 20.8 Å². The first-order valence-electron chi connectivity index (χ1n) is 4.50. The zero-order chi connectivity index (χ0) is 10.7. The molecule has 0 radical (unpaired) electrons. The van der Waals surface area contributed by atoms with Crippen molar-refractivity contribution in [3.63, 3.8) is 0 Å². The molecule has 2 nitrogen and oxygen atoms in total. The molecule has 0 saturated carbocycles. The molecule has 0 atom stereocenters. The first-order valence-corrected chi connectivity index (χ1v) is 5.58. The van der Waals surface area contributed by atoms with E-state index in [4.69, 9.17) is 4.74 Å². The van der Waals surface area contributed by atoms with E-state index in [0.29, 0.717) is 6.61 Å². The zero-order valence-electron chi connectivity index (χ0n) is 8.56. The van der Waals surface area contributed by atoms with Crippen molar-refractivity contribution in [1.29, 1.82) is 0 Å². The molecule has 1 aromatic rings. The Morgan fingerprint density at radius 2 is 2.14 bits per heavy atom. The van der Waals surface area contributed by atoms with E-state index < -0.39 is 0 Å². The van der Waals surface area contributed by atoms with Gasteiger partial charge in [0.25, 0.3) is 0 Å². The number of Topliss-reactive ketones (excluding diaryl/α,β-unsaturated/α-hetero) is 1. The van der Waals surface area contributed by atoms with Crippen LogP contribution in [0.5, 0.6) is 5.75 Å². The topological polar surface area (TPSA) is 26.3 Å². The number of benzene rings is 1. The van der Waals surface area contributed by atoms with Gasteiger partial charge in [0.2, 0.25) is 0 Å². The maximum absolute atomic E-state index is 11.4. The molecular formula is C11H13IO2. The van der Waals surface area contributed by atoms with Gasteiger partial charge < -0.3 is 4.74 Å². The van der Waals surface area contributed by atoms with Gasteiger partial charge >= 0.3 is 0 Å². The summed E-state index contributed by atoms with van der Waals surface area (Å²) >= 11 is 2.16. The van der Waals surface area contributed by atoms with Crippen LogP contribution in [0.25, 0.3) is 0 Å². The molecule has 0 N–H and O–H groups in total. The Balaban J connectivity index is 3.26. The summed E-state index contributed by atoms with van der Waals surface area (Å²) in [5, 5.41) is 0. The quantitative estimate of drug-likeness (QED) is 0.633. The predicted molar refractivity (Wildman–Crippen MR) is 65.1 cm³/mol. The average Bonchev–Trinajstić information content (AvgIpc) is 2.10. The van der Waals surface area contributed by atoms with Crippen LogP contribution in [-0.4, -0.2) is 12.4 Å². The third-order valence-electron chi connectivity index (χ3n) is 1.97. The molecule has 1 rings (SSSR count). The number of hydrogen-bond donors (Lipinski definition) is 0. The van der Waals surface area contributed by atoms with E-state index in [-0.39, 0.29) is 5.78 Å². The van der Waals surface area contributed by atoms with Gasteiger partial charge in [0.1, 0.15) is 5.75 Å². The first kappa shape index (κ1) is 11.5. The molecule has 3 heteroatoms. The molecule has 14 heavy (non-hydrogen) atoms. The van der Waals surface area contributed by atoms with Gasteiger partial charge in [-0.25, -0.2) is 0 Å². The first-order chi connectivity index (χ1) is 6.57. The molecule has 0 amide bonds. The lowest BCUT2D eigenvalue weighted by atomic mass is 10.1. The molecule has 0 aliphatic rings. The van der Waals surface area contributed by atoms with E-state index in [1.807, 2.05) is 26.0 Å². The van der Waals surface area contributed by atoms with Gasteiger partial charge in [0.05, 0.1) is 10.2 Å². The highest BCUT2D eigenvalue weighted by atomic mass is 127. The molecule has 76 valence electrons. The van der Waals surface area contributed by atoms with E-state index in [0.717, 1.165) is 20.4 Å². The van der Waals surface area contributed by atoms with Crippen molar-refractivity contribution in [2.24, 2.45) is 0 Å². The molecule has 0 spiro atoms. The molecule has 0 aliphatic carbocycles. The molecule has 0 aromatic heterocycles. The molecule has 0 fully saturated rings. The Hall–Kier alpha value is -0.580. The van der Waals surface area contributed by atoms with E-state index in [1.165, 1.54) is 0 Å². The number of ketones is 1. The monoisotopic (exact) mass is 304 g/mol. The highest BCUT2D eigenvalue weighted by molar-refractivity contribution is 14.1. The summed E-state index contributed by atoms with van der Waals surface area (Å²) in [6.07, 6.45) is 0. The van der Waals surface area contributed by atoms with Crippen molar-refractivity contribution >= 4 is 28.4 Å². The third-order valence-corrected chi connectivity index (χ3v) is 3.04. The molecule has 0 saturated heterocycles. The third kappa shape index (κ3) is 2.26. The van der Waals surface area contributed by atoms with Crippen LogP contribution in [0.3, 0.4) is 0 Å². The summed E-state index contributed by atoms with van der Waals surface area (Å²) in [6.45, 7) is 6.08. The van der Waals surface area contributed by atoms with Gasteiger partial charge in [0, 0.05) is 5.56 Å². The number of halogens is 1. The van der Waals surface area contributed by atoms with Crippen molar-refractivity contribution in [2.75, 3.05) is 6.61 Å². The van der Waals surface area contributed by atoms with Crippen LogP contribution in [0, 0.1) is 10.5 Å². The predicted octanol–water partition coefficient (Wildman–Crippen LogP) is 3.20. The molecule has 1 aromatic carbocycles. The standard InChI is InChI=1S/C11H13IO2/c1-4-14-9-6-5-7(2)10(8(3)13)11(9)12/h5-6H,4H2,1-3H3. The number of carbonyl (C=O) groups excluding carboxylic acids is 1. The van der Waals surface area contributed by atoms with E-state index in [1.54, 1.807) is 6.92 Å². The highest BCUT2D eigenvalue weighted by Crippen LogP contribution is 2.27. The summed E-state index contributed by atoms with van der Waals surface area (Å²) in [6, 6.07) is 3.83. The van der Waals surface area contributed by atoms with Crippen molar-refractivity contribution < 1.29 is 9.53 Å². The summed E-state index contributed by atoms with van der Waals surface area (Å²) < 4.78 is 6.34. The summed E-state index contributed by atoms with van der Waals surface area (Å²) in [5.41, 5.74) is 1.78. The maximum atomic E-state index is 11.4. The number of carbonyl (C=O) groups is 1. The second-order valence-corrected chi connectivity index (χ2v) is 4.14. The number of ether oxygens (including phenoxy) is 1. The van der Waals surface area contributed by atoms with E-state index >= 15 is 0 Å². The van der Waals surface area contributed by atoms with Gasteiger partial charge in [-0.05, 0) is 55.0 Å². The Morgan fingerprint density at radius 3 is 2.64 bits per heavy atom. The van der Waals surface area contributed by atoms with Gasteiger partial charge in [-0.3, -0.25) is 4.79 Å². The molecule has 0 heterocycles. The Kier molecular flexibility index (Phi) is 3.92. The SMILES string of the molecule is CCOc1ccc(C)c(C(C)=O)c1I. The van der Waals surface area contributed by atoms with Crippen molar-refractivity contribution in [3.8, 4) is 5.75 Å². The van der Waals surface area contributed by atoms with E-state index in [2.05, 4.69) is 22.6 Å². The lowest BCUT2D eigenvalue weighted by Crippen LogP contribution is -2.03. The normalized spacial score (nSPS) is 10.0. The van der Waals surface area contributed by atoms with Crippen molar-refractivity contribution in [3.05, 3.63) is 26.8 Å². The summed E-state index contributed by atoms with van der Waals surface area (Å²) in [4.78, 5) is 11.4. The van der Waals surface area contributed by atoms with Crippen LogP contribution in [0.15, 0.2) is 12.1 Å². The number of rotatable bonds is 3. The van der Waals surface area contributed by atoms with Crippen LogP contribution < -0.4 is 4.74 Å². The molecule has 0 aliphatic heterocycles. The second-order valence-electron chi connectivity index (χ2n) is 3.06.